The van der Waals surface area contributed by atoms with Gasteiger partial charge in [0.05, 0.1) is 58.3 Å². The number of aliphatic carboxylic acids is 1. The number of anilines is 1. The number of carboxylic acid groups (broad SMARTS) is 1. The number of benzene rings is 2. The van der Waals surface area contributed by atoms with Crippen LogP contribution in [0.2, 0.25) is 0 Å². The highest BCUT2D eigenvalue weighted by atomic mass is 32.2. The van der Waals surface area contributed by atoms with E-state index in [0.29, 0.717) is 46.0 Å². The van der Waals surface area contributed by atoms with Crippen molar-refractivity contribution in [2.75, 3.05) is 84.1 Å². The Bertz CT molecular complexity index is 3120. The summed E-state index contributed by atoms with van der Waals surface area (Å²) in [6.07, 6.45) is 11.4. The second-order valence-corrected chi connectivity index (χ2v) is 27.6. The summed E-state index contributed by atoms with van der Waals surface area (Å²) in [7, 11) is -1.41. The summed E-state index contributed by atoms with van der Waals surface area (Å²) in [4.78, 5) is 89.1. The molecule has 0 saturated heterocycles. The molecule has 7 N–H and O–H groups in total. The minimum atomic E-state index is -5.19. The van der Waals surface area contributed by atoms with Gasteiger partial charge in [-0.05, 0) is 75.0 Å². The molecule has 0 aromatic heterocycles. The number of amides is 6. The molecule has 26 heteroatoms. The molecular formula is C68H101F3N8O14S. The lowest BCUT2D eigenvalue weighted by Crippen LogP contribution is -2.60. The quantitative estimate of drug-likeness (QED) is 0.0247. The highest BCUT2D eigenvalue weighted by Crippen LogP contribution is 2.48. The highest BCUT2D eigenvalue weighted by molar-refractivity contribution is 7.93. The Balaban J connectivity index is 0.00000310. The van der Waals surface area contributed by atoms with E-state index in [4.69, 9.17) is 34.6 Å². The summed E-state index contributed by atoms with van der Waals surface area (Å²) in [5.41, 5.74) is 11.9. The third kappa shape index (κ3) is 28.0. The summed E-state index contributed by atoms with van der Waals surface area (Å²) in [6, 6.07) is 13.2. The van der Waals surface area contributed by atoms with Crippen molar-refractivity contribution >= 4 is 68.3 Å². The van der Waals surface area contributed by atoms with Crippen LogP contribution in [0.4, 0.5) is 24.5 Å². The number of hydrogen-bond acceptors (Lipinski definition) is 15. The number of para-hydroxylation sites is 2. The first-order valence-corrected chi connectivity index (χ1v) is 33.8. The maximum Gasteiger partial charge on any atom is 0.430 e. The SMILES string of the molecule is CC[C@H](NC(=O)CCOCCOCCOCCOCCNC(=O)CCCCCN1/C(=C/C=C/C=C/C2=[N+](C)c3ccccc3C2(C)C)C(C)(C)c2ccccc21)C(=O)N[C@H](C(=O)N[C@@H](CC(C)C)C(=O)N[C@H](/C=C/S(C)(=O)=O)CCC(N)=O)C(C)(C)C.O=C([O-])C(F)(F)F. The number of halogens is 3. The van der Waals surface area contributed by atoms with Crippen LogP contribution in [0.1, 0.15) is 138 Å². The standard InChI is InChI=1S/C66H100N8O12S.C2HF3O2/c1-13-51(61(78)72-60(64(4,5)6)63(80)71-52(46-47(2)3)62(79)69-48(31-32-57(67)75)34-45-87(12,81)82)70-59(77)33-37-83-39-41-85-43-44-86-42-40-84-38-35-68-58(76)30-18-15-23-36-74-54-27-22-20-25-50(54)66(9,10)56(74)29-17-14-16-28-55-65(7,8)49-24-19-21-26-53(49)73(55)11;3-2(4,5)1(6)7/h14,16-17,19-22,24-29,34,45,47-48,51-52,60H,13,15,18,23,30-33,35-44,46H2,1-12H3,(H6-,67,68,69,70,71,72,75,76,77,78,79,80);(H,6,7)/b45-34+;/t48-,51-,52-,60+;/m0./s1. The number of primary amides is 1. The van der Waals surface area contributed by atoms with Crippen molar-refractivity contribution in [2.45, 2.75) is 168 Å². The fraction of sp³-hybridized carbons (Fsp3) is 0.588. The number of hydrogen-bond donors (Lipinski definition) is 6. The first-order chi connectivity index (χ1) is 44.0. The number of nitrogens with zero attached hydrogens (tertiary/aromatic N) is 2. The average molecular weight is 1340 g/mol. The van der Waals surface area contributed by atoms with Crippen LogP contribution in [-0.2, 0) is 73.2 Å². The van der Waals surface area contributed by atoms with E-state index in [0.717, 1.165) is 37.5 Å². The van der Waals surface area contributed by atoms with Gasteiger partial charge in [-0.1, -0.05) is 123 Å². The Hall–Kier alpha value is -7.26. The molecule has 0 aliphatic carbocycles. The van der Waals surface area contributed by atoms with Gasteiger partial charge < -0.3 is 66.1 Å². The van der Waals surface area contributed by atoms with Crippen LogP contribution in [0.25, 0.3) is 0 Å². The lowest BCUT2D eigenvalue weighted by atomic mass is 9.81. The van der Waals surface area contributed by atoms with E-state index in [1.54, 1.807) is 27.7 Å². The van der Waals surface area contributed by atoms with Crippen LogP contribution < -0.4 is 42.3 Å². The first-order valence-electron chi connectivity index (χ1n) is 31.9. The molecule has 2 aliphatic heterocycles. The van der Waals surface area contributed by atoms with Gasteiger partial charge in [0.15, 0.2) is 15.5 Å². The van der Waals surface area contributed by atoms with E-state index >= 15 is 0 Å². The largest absolute Gasteiger partial charge is 0.542 e. The van der Waals surface area contributed by atoms with E-state index in [2.05, 4.69) is 150 Å². The van der Waals surface area contributed by atoms with Gasteiger partial charge in [0.1, 0.15) is 31.1 Å². The molecule has 0 bridgehead atoms. The molecule has 0 spiro atoms. The minimum Gasteiger partial charge on any atom is -0.542 e. The van der Waals surface area contributed by atoms with Crippen LogP contribution in [0.3, 0.4) is 0 Å². The molecular weight excluding hydrogens is 1240 g/mol. The van der Waals surface area contributed by atoms with Gasteiger partial charge in [-0.2, -0.15) is 17.7 Å². The van der Waals surface area contributed by atoms with Gasteiger partial charge in [0.2, 0.25) is 41.1 Å². The number of nitrogens with one attached hydrogen (secondary N) is 5. The smallest absolute Gasteiger partial charge is 0.430 e. The summed E-state index contributed by atoms with van der Waals surface area (Å²) < 4.78 is 79.8. The van der Waals surface area contributed by atoms with Crippen molar-refractivity contribution in [3.63, 3.8) is 0 Å². The minimum absolute atomic E-state index is 0.0115. The van der Waals surface area contributed by atoms with Crippen molar-refractivity contribution in [2.24, 2.45) is 17.1 Å². The number of allylic oxidation sites excluding steroid dienone is 6. The molecule has 0 fully saturated rings. The lowest BCUT2D eigenvalue weighted by Gasteiger charge is -2.33. The predicted octanol–water partition coefficient (Wildman–Crippen LogP) is 6.18. The average Bonchev–Trinajstić information content (AvgIpc) is 1.61. The number of fused-ring (bicyclic) bond motifs is 2. The molecule has 22 nitrogen and oxygen atoms in total. The molecule has 0 unspecified atom stereocenters. The van der Waals surface area contributed by atoms with Crippen molar-refractivity contribution in [3.05, 3.63) is 107 Å². The number of carboxylic acids is 1. The maximum absolute atomic E-state index is 13.8. The third-order valence-electron chi connectivity index (χ3n) is 15.5. The van der Waals surface area contributed by atoms with Crippen LogP contribution >= 0.6 is 0 Å². The summed E-state index contributed by atoms with van der Waals surface area (Å²) in [6.45, 7) is 23.5. The molecule has 2 heterocycles. The Labute approximate surface area is 553 Å². The maximum atomic E-state index is 13.8. The van der Waals surface area contributed by atoms with E-state index in [9.17, 15) is 50.4 Å². The van der Waals surface area contributed by atoms with Gasteiger partial charge >= 0.3 is 6.18 Å². The molecule has 524 valence electrons. The molecule has 4 rings (SSSR count). The van der Waals surface area contributed by atoms with E-state index in [1.165, 1.54) is 40.0 Å². The molecule has 2 aromatic rings. The van der Waals surface area contributed by atoms with E-state index in [-0.39, 0.29) is 74.6 Å². The molecule has 0 saturated carbocycles. The second kappa shape index (κ2) is 38.9. The zero-order chi connectivity index (χ0) is 70.5. The number of sulfone groups is 1. The Morgan fingerprint density at radius 2 is 1.28 bits per heavy atom. The topological polar surface area (TPSA) is 306 Å². The number of ether oxygens (including phenoxy) is 4. The lowest BCUT2D eigenvalue weighted by molar-refractivity contribution is -0.401. The Kier molecular flexibility index (Phi) is 33.5. The number of unbranched alkanes of at least 4 members (excludes halogenated alkanes) is 2. The van der Waals surface area contributed by atoms with Crippen molar-refractivity contribution in [1.82, 2.24) is 26.6 Å². The van der Waals surface area contributed by atoms with Gasteiger partial charge in [-0.3, -0.25) is 28.8 Å². The number of alkyl halides is 3. The Morgan fingerprint density at radius 3 is 1.84 bits per heavy atom. The summed E-state index contributed by atoms with van der Waals surface area (Å²) in [5.74, 6) is -5.94. The number of carbonyl (C=O) groups is 7. The molecule has 2 aromatic carbocycles. The van der Waals surface area contributed by atoms with Crippen LogP contribution in [0, 0.1) is 11.3 Å². The fourth-order valence-electron chi connectivity index (χ4n) is 10.6. The van der Waals surface area contributed by atoms with Gasteiger partial charge in [0, 0.05) is 84.6 Å². The number of rotatable bonds is 39. The highest BCUT2D eigenvalue weighted by Gasteiger charge is 2.43. The second-order valence-electron chi connectivity index (χ2n) is 25.6. The predicted molar refractivity (Wildman–Crippen MR) is 353 cm³/mol. The van der Waals surface area contributed by atoms with Gasteiger partial charge in [0.25, 0.3) is 0 Å². The number of nitrogens with two attached hydrogens (primary N) is 1. The van der Waals surface area contributed by atoms with Crippen LogP contribution in [0.5, 0.6) is 0 Å². The van der Waals surface area contributed by atoms with Crippen LogP contribution in [0.15, 0.2) is 96.1 Å². The monoisotopic (exact) mass is 1340 g/mol. The molecule has 4 atom stereocenters. The Morgan fingerprint density at radius 1 is 0.702 bits per heavy atom. The van der Waals surface area contributed by atoms with Gasteiger partial charge in [-0.15, -0.1) is 0 Å². The van der Waals surface area contributed by atoms with Crippen molar-refractivity contribution in [1.29, 1.82) is 0 Å². The molecule has 94 heavy (non-hydrogen) atoms. The third-order valence-corrected chi connectivity index (χ3v) is 16.2. The zero-order valence-electron chi connectivity index (χ0n) is 56.7. The van der Waals surface area contributed by atoms with Crippen molar-refractivity contribution < 1.29 is 83.8 Å². The summed E-state index contributed by atoms with van der Waals surface area (Å²) in [5, 5.41) is 23.6. The van der Waals surface area contributed by atoms with Crippen molar-refractivity contribution in [3.8, 4) is 0 Å². The van der Waals surface area contributed by atoms with Gasteiger partial charge in [-0.25, -0.2) is 8.42 Å². The van der Waals surface area contributed by atoms with E-state index in [1.807, 2.05) is 13.8 Å². The zero-order valence-corrected chi connectivity index (χ0v) is 57.5. The molecule has 0 radical (unpaired) electrons. The summed E-state index contributed by atoms with van der Waals surface area (Å²) >= 11 is 0. The van der Waals surface area contributed by atoms with Crippen LogP contribution in [-0.4, -0.2) is 170 Å². The fourth-order valence-corrected chi connectivity index (χ4v) is 11.1. The van der Waals surface area contributed by atoms with E-state index < -0.39 is 81.1 Å². The normalized spacial score (nSPS) is 16.1. The molecule has 2 aliphatic rings. The first kappa shape index (κ1) is 81.0. The number of carbonyl (C=O) groups excluding carboxylic acids is 7. The molecule has 6 amide bonds.